The van der Waals surface area contributed by atoms with Gasteiger partial charge >= 0.3 is 0 Å². The summed E-state index contributed by atoms with van der Waals surface area (Å²) in [5, 5.41) is 0. The van der Waals surface area contributed by atoms with Crippen LogP contribution >= 0.6 is 0 Å². The maximum Gasteiger partial charge on any atom is 0.264 e. The molecule has 1 aromatic carbocycles. The summed E-state index contributed by atoms with van der Waals surface area (Å²) in [6.45, 7) is 8.30. The molecule has 0 unspecified atom stereocenters. The third-order valence-corrected chi connectivity index (χ3v) is 7.62. The second-order valence-corrected chi connectivity index (χ2v) is 9.70. The number of nitrogens with zero attached hydrogens (tertiary/aromatic N) is 3. The lowest BCUT2D eigenvalue weighted by molar-refractivity contribution is 0.185. The molecule has 2 atom stereocenters. The van der Waals surface area contributed by atoms with Crippen molar-refractivity contribution in [3.8, 4) is 11.1 Å². The standard InChI is InChI=1S/C24H35N5O/c1-15(2)17-5-7-18(8-6-17)19-21(26)27-23(28(4)22(19)30)29-13-11-24(12-14-29)10-9-16(3)20(24)25/h5-8,15-16,20H,9-14,25-26H2,1-4H3/t16-,20-/m1/s1. The van der Waals surface area contributed by atoms with Crippen molar-refractivity contribution in [2.24, 2.45) is 24.1 Å². The first-order valence-electron chi connectivity index (χ1n) is 11.2. The fourth-order valence-electron chi connectivity index (χ4n) is 5.40. The van der Waals surface area contributed by atoms with Gasteiger partial charge in [-0.1, -0.05) is 45.0 Å². The minimum absolute atomic E-state index is 0.0960. The predicted octanol–water partition coefficient (Wildman–Crippen LogP) is 3.50. The van der Waals surface area contributed by atoms with Gasteiger partial charge in [-0.25, -0.2) is 0 Å². The Hall–Kier alpha value is -2.34. The largest absolute Gasteiger partial charge is 0.383 e. The first kappa shape index (κ1) is 20.9. The smallest absolute Gasteiger partial charge is 0.264 e. The molecule has 2 aromatic rings. The van der Waals surface area contributed by atoms with Gasteiger partial charge in [0.2, 0.25) is 5.95 Å². The molecule has 6 nitrogen and oxygen atoms in total. The highest BCUT2D eigenvalue weighted by Gasteiger charge is 2.46. The number of piperidine rings is 1. The minimum Gasteiger partial charge on any atom is -0.383 e. The van der Waals surface area contributed by atoms with Crippen LogP contribution < -0.4 is 21.9 Å². The van der Waals surface area contributed by atoms with E-state index in [-0.39, 0.29) is 17.0 Å². The van der Waals surface area contributed by atoms with Crippen LogP contribution in [0.3, 0.4) is 0 Å². The van der Waals surface area contributed by atoms with Crippen LogP contribution in [0.1, 0.15) is 57.9 Å². The van der Waals surface area contributed by atoms with Gasteiger partial charge in [0.15, 0.2) is 0 Å². The van der Waals surface area contributed by atoms with Crippen molar-refractivity contribution >= 4 is 11.8 Å². The number of aromatic nitrogens is 2. The Morgan fingerprint density at radius 3 is 2.30 bits per heavy atom. The molecule has 1 saturated heterocycles. The number of hydrogen-bond donors (Lipinski definition) is 2. The summed E-state index contributed by atoms with van der Waals surface area (Å²) in [5.74, 6) is 2.00. The molecule has 1 saturated carbocycles. The van der Waals surface area contributed by atoms with Crippen molar-refractivity contribution < 1.29 is 0 Å². The fourth-order valence-corrected chi connectivity index (χ4v) is 5.40. The first-order valence-corrected chi connectivity index (χ1v) is 11.2. The summed E-state index contributed by atoms with van der Waals surface area (Å²) in [7, 11) is 1.80. The highest BCUT2D eigenvalue weighted by Crippen LogP contribution is 2.48. The zero-order chi connectivity index (χ0) is 21.6. The van der Waals surface area contributed by atoms with Crippen molar-refractivity contribution in [2.45, 2.75) is 58.4 Å². The van der Waals surface area contributed by atoms with Gasteiger partial charge in [-0.05, 0) is 54.1 Å². The molecule has 2 aliphatic rings. The van der Waals surface area contributed by atoms with Crippen LogP contribution in [0.25, 0.3) is 11.1 Å². The van der Waals surface area contributed by atoms with Crippen LogP contribution in [-0.2, 0) is 7.05 Å². The molecule has 1 spiro atoms. The molecular weight excluding hydrogens is 374 g/mol. The quantitative estimate of drug-likeness (QED) is 0.810. The summed E-state index contributed by atoms with van der Waals surface area (Å²) in [5.41, 5.74) is 15.6. The van der Waals surface area contributed by atoms with Gasteiger partial charge < -0.3 is 16.4 Å². The van der Waals surface area contributed by atoms with Gasteiger partial charge in [-0.2, -0.15) is 4.98 Å². The molecule has 1 aliphatic carbocycles. The third kappa shape index (κ3) is 3.41. The Kier molecular flexibility index (Phi) is 5.39. The molecule has 0 radical (unpaired) electrons. The summed E-state index contributed by atoms with van der Waals surface area (Å²) < 4.78 is 1.65. The van der Waals surface area contributed by atoms with Crippen molar-refractivity contribution in [3.63, 3.8) is 0 Å². The molecule has 2 heterocycles. The molecule has 4 N–H and O–H groups in total. The van der Waals surface area contributed by atoms with E-state index < -0.39 is 0 Å². The van der Waals surface area contributed by atoms with Crippen molar-refractivity contribution in [1.29, 1.82) is 0 Å². The zero-order valence-electron chi connectivity index (χ0n) is 18.7. The van der Waals surface area contributed by atoms with Crippen molar-refractivity contribution in [1.82, 2.24) is 9.55 Å². The Labute approximate surface area is 179 Å². The zero-order valence-corrected chi connectivity index (χ0v) is 18.7. The van der Waals surface area contributed by atoms with Gasteiger partial charge in [-0.15, -0.1) is 0 Å². The average Bonchev–Trinajstić information content (AvgIpc) is 3.00. The maximum atomic E-state index is 13.2. The van der Waals surface area contributed by atoms with E-state index in [2.05, 4.69) is 42.8 Å². The Morgan fingerprint density at radius 1 is 1.13 bits per heavy atom. The van der Waals surface area contributed by atoms with Gasteiger partial charge in [0.1, 0.15) is 5.82 Å². The number of nitrogens with two attached hydrogens (primary N) is 2. The second kappa shape index (κ2) is 7.73. The van der Waals surface area contributed by atoms with E-state index in [1.165, 1.54) is 18.4 Å². The molecule has 162 valence electrons. The molecule has 0 amide bonds. The van der Waals surface area contributed by atoms with Crippen molar-refractivity contribution in [3.05, 3.63) is 40.2 Å². The van der Waals surface area contributed by atoms with Gasteiger partial charge in [0.05, 0.1) is 5.56 Å². The van der Waals surface area contributed by atoms with E-state index in [9.17, 15) is 4.79 Å². The highest BCUT2D eigenvalue weighted by molar-refractivity contribution is 5.74. The first-order chi connectivity index (χ1) is 14.2. The van der Waals surface area contributed by atoms with E-state index in [4.69, 9.17) is 11.5 Å². The Balaban J connectivity index is 1.60. The topological polar surface area (TPSA) is 90.2 Å². The lowest BCUT2D eigenvalue weighted by atomic mass is 9.73. The number of rotatable bonds is 3. The molecule has 1 aliphatic heterocycles. The van der Waals surface area contributed by atoms with Crippen molar-refractivity contribution in [2.75, 3.05) is 23.7 Å². The molecule has 1 aromatic heterocycles. The molecule has 6 heteroatoms. The predicted molar refractivity (Wildman–Crippen MR) is 124 cm³/mol. The molecule has 4 rings (SSSR count). The van der Waals surface area contributed by atoms with Gasteiger partial charge in [0.25, 0.3) is 5.56 Å². The lowest BCUT2D eigenvalue weighted by Gasteiger charge is -2.43. The number of anilines is 2. The molecular formula is C24H35N5O. The van der Waals surface area contributed by atoms with Crippen LogP contribution in [0.15, 0.2) is 29.1 Å². The molecule has 0 bridgehead atoms. The normalized spacial score (nSPS) is 23.5. The number of benzene rings is 1. The van der Waals surface area contributed by atoms with E-state index in [0.29, 0.717) is 29.2 Å². The Bertz CT molecular complexity index is 970. The number of nitrogen functional groups attached to an aromatic ring is 1. The maximum absolute atomic E-state index is 13.2. The Morgan fingerprint density at radius 2 is 1.77 bits per heavy atom. The average molecular weight is 410 g/mol. The summed E-state index contributed by atoms with van der Waals surface area (Å²) in [6, 6.07) is 8.33. The van der Waals surface area contributed by atoms with Gasteiger partial charge in [-0.3, -0.25) is 9.36 Å². The van der Waals surface area contributed by atoms with Crippen LogP contribution in [0.5, 0.6) is 0 Å². The van der Waals surface area contributed by atoms with E-state index >= 15 is 0 Å². The van der Waals surface area contributed by atoms with Crippen LogP contribution in [0.4, 0.5) is 11.8 Å². The summed E-state index contributed by atoms with van der Waals surface area (Å²) in [6.07, 6.45) is 4.53. The second-order valence-electron chi connectivity index (χ2n) is 9.70. The number of hydrogen-bond acceptors (Lipinski definition) is 5. The molecule has 30 heavy (non-hydrogen) atoms. The van der Waals surface area contributed by atoms with Crippen LogP contribution in [0, 0.1) is 11.3 Å². The monoisotopic (exact) mass is 409 g/mol. The van der Waals surface area contributed by atoms with E-state index in [0.717, 1.165) is 31.5 Å². The summed E-state index contributed by atoms with van der Waals surface area (Å²) in [4.78, 5) is 20.1. The third-order valence-electron chi connectivity index (χ3n) is 7.62. The SMILES string of the molecule is CC(C)c1ccc(-c2c(N)nc(N3CCC4(CC[C@@H](C)[C@H]4N)CC3)n(C)c2=O)cc1. The van der Waals surface area contributed by atoms with Crippen LogP contribution in [-0.4, -0.2) is 28.7 Å². The van der Waals surface area contributed by atoms with E-state index in [1.54, 1.807) is 11.6 Å². The fraction of sp³-hybridized carbons (Fsp3) is 0.583. The summed E-state index contributed by atoms with van der Waals surface area (Å²) >= 11 is 0. The van der Waals surface area contributed by atoms with Crippen LogP contribution in [0.2, 0.25) is 0 Å². The lowest BCUT2D eigenvalue weighted by Crippen LogP contribution is -2.49. The van der Waals surface area contributed by atoms with Gasteiger partial charge in [0, 0.05) is 26.2 Å². The highest BCUT2D eigenvalue weighted by atomic mass is 16.1. The minimum atomic E-state index is -0.0960. The van der Waals surface area contributed by atoms with E-state index in [1.807, 2.05) is 12.1 Å². The molecule has 2 fully saturated rings.